The zero-order valence-electron chi connectivity index (χ0n) is 23.6. The fourth-order valence-electron chi connectivity index (χ4n) is 5.51. The molecule has 44 heavy (non-hydrogen) atoms. The standard InChI is InChI=1S/C30H33F6N3O4S/c31-29(32,33)26-19(7-11-25(41)39-14-12-38(13-15-39)16-17-40)6-10-24(27(26)30(34,35)36)44-23-3-1-2-22(18-23)37-21-8-4-20(5-9-21)28(42)43/h1-3,6-7,10-11,18,20-21,37,40H,4-5,8-9,12-17H2,(H,42,43)/b11-7+/t20-,21+. The van der Waals surface area contributed by atoms with E-state index in [0.29, 0.717) is 62.8 Å². The van der Waals surface area contributed by atoms with Crippen LogP contribution in [0.15, 0.2) is 52.3 Å². The van der Waals surface area contributed by atoms with Gasteiger partial charge < -0.3 is 20.4 Å². The Kier molecular flexibility index (Phi) is 10.9. The van der Waals surface area contributed by atoms with Gasteiger partial charge in [0.2, 0.25) is 5.91 Å². The van der Waals surface area contributed by atoms with Gasteiger partial charge in [-0.1, -0.05) is 23.9 Å². The van der Waals surface area contributed by atoms with E-state index in [9.17, 15) is 41.0 Å². The number of aliphatic hydroxyl groups is 1. The highest BCUT2D eigenvalue weighted by atomic mass is 32.2. The van der Waals surface area contributed by atoms with E-state index < -0.39 is 51.7 Å². The molecule has 1 saturated heterocycles. The van der Waals surface area contributed by atoms with Gasteiger partial charge in [0, 0.05) is 60.3 Å². The summed E-state index contributed by atoms with van der Waals surface area (Å²) in [7, 11) is 0. The van der Waals surface area contributed by atoms with Crippen LogP contribution >= 0.6 is 11.8 Å². The number of anilines is 1. The molecular formula is C30H33F6N3O4S. The molecule has 1 heterocycles. The number of rotatable bonds is 9. The maximum atomic E-state index is 14.3. The Balaban J connectivity index is 1.56. The van der Waals surface area contributed by atoms with Crippen molar-refractivity contribution in [2.45, 2.75) is 53.9 Å². The zero-order valence-corrected chi connectivity index (χ0v) is 24.4. The summed E-state index contributed by atoms with van der Waals surface area (Å²) in [4.78, 5) is 26.8. The third-order valence-corrected chi connectivity index (χ3v) is 8.83. The first-order valence-electron chi connectivity index (χ1n) is 14.1. The number of carbonyl (C=O) groups is 2. The molecule has 0 aromatic heterocycles. The number of carboxylic acids is 1. The van der Waals surface area contributed by atoms with E-state index in [1.54, 1.807) is 18.2 Å². The molecule has 1 amide bonds. The predicted octanol–water partition coefficient (Wildman–Crippen LogP) is 6.08. The summed E-state index contributed by atoms with van der Waals surface area (Å²) in [5.41, 5.74) is -3.90. The Hall–Kier alpha value is -3.23. The second-order valence-corrected chi connectivity index (χ2v) is 11.9. The molecule has 0 spiro atoms. The second kappa shape index (κ2) is 14.2. The normalized spacial score (nSPS) is 20.2. The van der Waals surface area contributed by atoms with Crippen molar-refractivity contribution in [3.05, 3.63) is 59.2 Å². The van der Waals surface area contributed by atoms with Crippen LogP contribution in [0.3, 0.4) is 0 Å². The van der Waals surface area contributed by atoms with Crippen LogP contribution in [0.25, 0.3) is 6.08 Å². The van der Waals surface area contributed by atoms with Crippen LogP contribution in [0.4, 0.5) is 32.0 Å². The number of carbonyl (C=O) groups excluding carboxylic acids is 1. The van der Waals surface area contributed by atoms with Crippen molar-refractivity contribution >= 4 is 35.4 Å². The zero-order chi connectivity index (χ0) is 32.1. The van der Waals surface area contributed by atoms with Gasteiger partial charge in [0.05, 0.1) is 23.7 Å². The molecule has 4 rings (SSSR count). The number of β-amino-alcohol motifs (C(OH)–C–C–N with tert-alkyl or cyclic N) is 1. The van der Waals surface area contributed by atoms with Crippen LogP contribution in [-0.2, 0) is 21.9 Å². The van der Waals surface area contributed by atoms with Crippen molar-refractivity contribution in [2.24, 2.45) is 5.92 Å². The number of nitrogens with zero attached hydrogens (tertiary/aromatic N) is 2. The van der Waals surface area contributed by atoms with Crippen molar-refractivity contribution in [1.29, 1.82) is 0 Å². The van der Waals surface area contributed by atoms with Gasteiger partial charge in [0.25, 0.3) is 0 Å². The fourth-order valence-corrected chi connectivity index (χ4v) is 6.55. The van der Waals surface area contributed by atoms with Crippen molar-refractivity contribution in [3.8, 4) is 0 Å². The molecule has 2 aromatic rings. The van der Waals surface area contributed by atoms with Gasteiger partial charge in [0.15, 0.2) is 0 Å². The van der Waals surface area contributed by atoms with E-state index in [0.717, 1.165) is 24.3 Å². The molecule has 2 fully saturated rings. The van der Waals surface area contributed by atoms with Crippen molar-refractivity contribution in [2.75, 3.05) is 44.6 Å². The average molecular weight is 646 g/mol. The maximum Gasteiger partial charge on any atom is 0.418 e. The van der Waals surface area contributed by atoms with Crippen molar-refractivity contribution in [3.63, 3.8) is 0 Å². The summed E-state index contributed by atoms with van der Waals surface area (Å²) in [5, 5.41) is 21.5. The van der Waals surface area contributed by atoms with E-state index in [1.165, 1.54) is 11.0 Å². The maximum absolute atomic E-state index is 14.3. The number of amides is 1. The van der Waals surface area contributed by atoms with Gasteiger partial charge in [-0.25, -0.2) is 0 Å². The number of benzene rings is 2. The van der Waals surface area contributed by atoms with Crippen LogP contribution in [0.5, 0.6) is 0 Å². The predicted molar refractivity (Wildman–Crippen MR) is 153 cm³/mol. The van der Waals surface area contributed by atoms with Gasteiger partial charge >= 0.3 is 18.3 Å². The summed E-state index contributed by atoms with van der Waals surface area (Å²) in [6.07, 6.45) is -6.90. The Bertz CT molecular complexity index is 1350. The number of nitrogens with one attached hydrogen (secondary N) is 1. The molecule has 0 bridgehead atoms. The van der Waals surface area contributed by atoms with E-state index in [4.69, 9.17) is 5.11 Å². The molecule has 3 N–H and O–H groups in total. The molecule has 0 unspecified atom stereocenters. The highest BCUT2D eigenvalue weighted by Gasteiger charge is 2.46. The third kappa shape index (κ3) is 8.69. The second-order valence-electron chi connectivity index (χ2n) is 10.8. The van der Waals surface area contributed by atoms with Crippen molar-refractivity contribution < 1.29 is 46.1 Å². The molecule has 2 aromatic carbocycles. The minimum atomic E-state index is -5.36. The molecule has 1 aliphatic carbocycles. The lowest BCUT2D eigenvalue weighted by Gasteiger charge is -2.33. The third-order valence-electron chi connectivity index (χ3n) is 7.78. The van der Waals surface area contributed by atoms with Crippen LogP contribution < -0.4 is 5.32 Å². The summed E-state index contributed by atoms with van der Waals surface area (Å²) in [6.45, 7) is 1.84. The molecule has 14 heteroatoms. The molecule has 240 valence electrons. The van der Waals surface area contributed by atoms with Crippen LogP contribution in [0, 0.1) is 5.92 Å². The molecular weight excluding hydrogens is 612 g/mol. The first kappa shape index (κ1) is 33.7. The van der Waals surface area contributed by atoms with E-state index in [2.05, 4.69) is 5.32 Å². The SMILES string of the molecule is O=C(/C=C/c1ccc(Sc2cccc(N[C@H]3CC[C@@H](C(=O)O)CC3)c2)c(C(F)(F)F)c1C(F)(F)F)N1CCN(CCO)CC1. The topological polar surface area (TPSA) is 93.1 Å². The Morgan fingerprint density at radius 2 is 1.59 bits per heavy atom. The first-order valence-corrected chi connectivity index (χ1v) is 15.0. The average Bonchev–Trinajstić information content (AvgIpc) is 2.96. The molecule has 1 aliphatic heterocycles. The number of aliphatic carboxylic acids is 1. The number of alkyl halides is 6. The van der Waals surface area contributed by atoms with Gasteiger partial charge in [-0.15, -0.1) is 0 Å². The number of halogens is 6. The molecule has 1 saturated carbocycles. The van der Waals surface area contributed by atoms with Crippen molar-refractivity contribution in [1.82, 2.24) is 9.80 Å². The summed E-state index contributed by atoms with van der Waals surface area (Å²) < 4.78 is 85.6. The largest absolute Gasteiger partial charge is 0.481 e. The Morgan fingerprint density at radius 3 is 2.18 bits per heavy atom. The number of carboxylic acid groups (broad SMARTS) is 1. The Labute approximate surface area is 254 Å². The first-order chi connectivity index (χ1) is 20.8. The highest BCUT2D eigenvalue weighted by Crippen LogP contribution is 2.48. The molecule has 7 nitrogen and oxygen atoms in total. The lowest BCUT2D eigenvalue weighted by Crippen LogP contribution is -2.48. The van der Waals surface area contributed by atoms with Gasteiger partial charge in [-0.05, 0) is 61.6 Å². The summed E-state index contributed by atoms with van der Waals surface area (Å²) >= 11 is 0.552. The number of aliphatic hydroxyl groups excluding tert-OH is 1. The fraction of sp³-hybridized carbons (Fsp3) is 0.467. The van der Waals surface area contributed by atoms with Crippen LogP contribution in [-0.4, -0.2) is 77.3 Å². The highest BCUT2D eigenvalue weighted by molar-refractivity contribution is 7.99. The van der Waals surface area contributed by atoms with Gasteiger partial charge in [-0.3, -0.25) is 14.5 Å². The molecule has 0 atom stereocenters. The minimum Gasteiger partial charge on any atom is -0.481 e. The van der Waals surface area contributed by atoms with Gasteiger partial charge in [-0.2, -0.15) is 26.3 Å². The summed E-state index contributed by atoms with van der Waals surface area (Å²) in [5.74, 6) is -1.88. The van der Waals surface area contributed by atoms with E-state index in [-0.39, 0.29) is 30.6 Å². The molecule has 2 aliphatic rings. The van der Waals surface area contributed by atoms with E-state index in [1.807, 2.05) is 4.90 Å². The molecule has 0 radical (unpaired) electrons. The lowest BCUT2D eigenvalue weighted by molar-refractivity contribution is -0.163. The number of piperazine rings is 1. The minimum absolute atomic E-state index is 0.0355. The number of hydrogen-bond donors (Lipinski definition) is 3. The smallest absolute Gasteiger partial charge is 0.418 e. The van der Waals surface area contributed by atoms with Crippen LogP contribution in [0.2, 0.25) is 0 Å². The van der Waals surface area contributed by atoms with E-state index >= 15 is 0 Å². The van der Waals surface area contributed by atoms with Gasteiger partial charge in [0.1, 0.15) is 0 Å². The van der Waals surface area contributed by atoms with Crippen LogP contribution in [0.1, 0.15) is 42.4 Å². The Morgan fingerprint density at radius 1 is 0.932 bits per heavy atom. The monoisotopic (exact) mass is 645 g/mol. The number of hydrogen-bond acceptors (Lipinski definition) is 6. The lowest BCUT2D eigenvalue weighted by atomic mass is 9.86. The summed E-state index contributed by atoms with van der Waals surface area (Å²) in [6, 6.07) is 8.20. The quantitative estimate of drug-likeness (QED) is 0.225.